The van der Waals surface area contributed by atoms with Crippen LogP contribution in [-0.4, -0.2) is 16.1 Å². The minimum atomic E-state index is -0.513. The van der Waals surface area contributed by atoms with Gasteiger partial charge in [0.25, 0.3) is 0 Å². The lowest BCUT2D eigenvalue weighted by Crippen LogP contribution is -2.12. The number of amides is 1. The van der Waals surface area contributed by atoms with Crippen molar-refractivity contribution in [3.05, 3.63) is 65.8 Å². The Hall–Kier alpha value is -3.02. The summed E-state index contributed by atoms with van der Waals surface area (Å²) in [5, 5.41) is 10.1. The molecule has 0 atom stereocenters. The number of hydrogen-bond donors (Lipinski definition) is 1. The Morgan fingerprint density at radius 2 is 1.95 bits per heavy atom. The van der Waals surface area contributed by atoms with Crippen LogP contribution in [0.3, 0.4) is 0 Å². The zero-order valence-corrected chi connectivity index (χ0v) is 11.7. The van der Waals surface area contributed by atoms with E-state index in [0.29, 0.717) is 11.3 Å². The van der Waals surface area contributed by atoms with E-state index in [0.717, 1.165) is 5.56 Å². The zero-order valence-electron chi connectivity index (χ0n) is 11.7. The van der Waals surface area contributed by atoms with Crippen molar-refractivity contribution in [2.45, 2.75) is 6.92 Å². The van der Waals surface area contributed by atoms with Crippen LogP contribution in [0.4, 0.5) is 10.1 Å². The van der Waals surface area contributed by atoms with Crippen molar-refractivity contribution in [1.82, 2.24) is 10.2 Å². The van der Waals surface area contributed by atoms with Crippen molar-refractivity contribution in [2.24, 2.45) is 0 Å². The van der Waals surface area contributed by atoms with E-state index in [1.54, 1.807) is 12.1 Å². The van der Waals surface area contributed by atoms with E-state index in [1.165, 1.54) is 18.2 Å². The fourth-order valence-electron chi connectivity index (χ4n) is 1.96. The molecule has 3 rings (SSSR count). The second kappa shape index (κ2) is 5.77. The first kappa shape index (κ1) is 13.9. The van der Waals surface area contributed by atoms with E-state index in [-0.39, 0.29) is 11.8 Å². The Kier molecular flexibility index (Phi) is 3.65. The van der Waals surface area contributed by atoms with Gasteiger partial charge in [0.2, 0.25) is 5.89 Å². The van der Waals surface area contributed by atoms with Crippen molar-refractivity contribution in [1.29, 1.82) is 0 Å². The number of carbonyl (C=O) groups excluding carboxylic acids is 1. The number of halogens is 1. The average molecular weight is 297 g/mol. The summed E-state index contributed by atoms with van der Waals surface area (Å²) in [6.45, 7) is 1.92. The molecule has 2 aromatic carbocycles. The van der Waals surface area contributed by atoms with Crippen LogP contribution in [0.1, 0.15) is 16.2 Å². The highest BCUT2D eigenvalue weighted by molar-refractivity contribution is 6.00. The predicted molar refractivity (Wildman–Crippen MR) is 78.8 cm³/mol. The maximum atomic E-state index is 13.2. The molecule has 0 radical (unpaired) electrons. The van der Waals surface area contributed by atoms with Crippen LogP contribution in [0.5, 0.6) is 0 Å². The Balaban J connectivity index is 1.80. The molecule has 0 bridgehead atoms. The van der Waals surface area contributed by atoms with Crippen molar-refractivity contribution in [3.63, 3.8) is 0 Å². The fourth-order valence-corrected chi connectivity index (χ4v) is 1.96. The number of benzene rings is 2. The van der Waals surface area contributed by atoms with Gasteiger partial charge in [0.15, 0.2) is 0 Å². The molecular formula is C16H12FN3O2. The van der Waals surface area contributed by atoms with E-state index >= 15 is 0 Å². The number of nitrogens with zero attached hydrogens (tertiary/aromatic N) is 2. The lowest BCUT2D eigenvalue weighted by atomic mass is 10.2. The van der Waals surface area contributed by atoms with Crippen LogP contribution in [0, 0.1) is 12.7 Å². The van der Waals surface area contributed by atoms with Gasteiger partial charge >= 0.3 is 11.8 Å². The molecule has 3 aromatic rings. The summed E-state index contributed by atoms with van der Waals surface area (Å²) in [5.41, 5.74) is 2.07. The highest BCUT2D eigenvalue weighted by Gasteiger charge is 2.16. The molecule has 1 amide bonds. The maximum absolute atomic E-state index is 13.2. The van der Waals surface area contributed by atoms with Crippen LogP contribution in [0.25, 0.3) is 11.5 Å². The molecule has 22 heavy (non-hydrogen) atoms. The number of hydrogen-bond acceptors (Lipinski definition) is 4. The maximum Gasteiger partial charge on any atom is 0.313 e. The zero-order chi connectivity index (χ0) is 15.5. The van der Waals surface area contributed by atoms with E-state index in [9.17, 15) is 9.18 Å². The van der Waals surface area contributed by atoms with Gasteiger partial charge in [-0.05, 0) is 42.8 Å². The van der Waals surface area contributed by atoms with Gasteiger partial charge < -0.3 is 9.73 Å². The summed E-state index contributed by atoms with van der Waals surface area (Å²) in [6, 6.07) is 13.1. The molecule has 0 unspecified atom stereocenters. The molecule has 0 aliphatic rings. The molecule has 6 heteroatoms. The Morgan fingerprint density at radius 3 is 2.73 bits per heavy atom. The first-order chi connectivity index (χ1) is 10.6. The number of nitrogens with one attached hydrogen (secondary N) is 1. The summed E-state index contributed by atoms with van der Waals surface area (Å²) in [4.78, 5) is 12.1. The van der Waals surface area contributed by atoms with Crippen molar-refractivity contribution in [2.75, 3.05) is 5.32 Å². The molecule has 110 valence electrons. The first-order valence-electron chi connectivity index (χ1n) is 6.59. The molecule has 0 aliphatic carbocycles. The minimum Gasteiger partial charge on any atom is -0.412 e. The van der Waals surface area contributed by atoms with E-state index in [2.05, 4.69) is 15.5 Å². The smallest absolute Gasteiger partial charge is 0.313 e. The normalized spacial score (nSPS) is 10.5. The first-order valence-corrected chi connectivity index (χ1v) is 6.59. The third kappa shape index (κ3) is 3.01. The van der Waals surface area contributed by atoms with Crippen LogP contribution in [0.15, 0.2) is 52.9 Å². The second-order valence-corrected chi connectivity index (χ2v) is 4.75. The number of aryl methyl sites for hydroxylation is 1. The summed E-state index contributed by atoms with van der Waals surface area (Å²) in [7, 11) is 0. The van der Waals surface area contributed by atoms with Crippen LogP contribution in [0.2, 0.25) is 0 Å². The van der Waals surface area contributed by atoms with Gasteiger partial charge in [-0.3, -0.25) is 4.79 Å². The average Bonchev–Trinajstić information content (AvgIpc) is 2.97. The third-order valence-corrected chi connectivity index (χ3v) is 2.97. The molecule has 0 saturated heterocycles. The van der Waals surface area contributed by atoms with Gasteiger partial charge in [0, 0.05) is 11.3 Å². The summed E-state index contributed by atoms with van der Waals surface area (Å²) in [5.74, 6) is -1.02. The van der Waals surface area contributed by atoms with Crippen LogP contribution in [-0.2, 0) is 0 Å². The molecular weight excluding hydrogens is 285 g/mol. The molecule has 0 aliphatic heterocycles. The molecule has 1 N–H and O–H groups in total. The van der Waals surface area contributed by atoms with E-state index in [4.69, 9.17) is 4.42 Å². The monoisotopic (exact) mass is 297 g/mol. The van der Waals surface area contributed by atoms with Gasteiger partial charge in [0.05, 0.1) is 0 Å². The minimum absolute atomic E-state index is 0.0916. The standard InChI is InChI=1S/C16H12FN3O2/c1-10-4-2-7-13(8-10)18-14(21)16-20-19-15(22-16)11-5-3-6-12(17)9-11/h2-9H,1H3,(H,18,21). The van der Waals surface area contributed by atoms with Crippen LogP contribution >= 0.6 is 0 Å². The summed E-state index contributed by atoms with van der Waals surface area (Å²) in [6.07, 6.45) is 0. The Labute approximate surface area is 125 Å². The third-order valence-electron chi connectivity index (χ3n) is 2.97. The number of aromatic nitrogens is 2. The molecule has 0 saturated carbocycles. The van der Waals surface area contributed by atoms with E-state index in [1.807, 2.05) is 25.1 Å². The van der Waals surface area contributed by atoms with Crippen LogP contribution < -0.4 is 5.32 Å². The molecule has 0 fully saturated rings. The number of carbonyl (C=O) groups is 1. The second-order valence-electron chi connectivity index (χ2n) is 4.75. The predicted octanol–water partition coefficient (Wildman–Crippen LogP) is 3.44. The SMILES string of the molecule is Cc1cccc(NC(=O)c2nnc(-c3cccc(F)c3)o2)c1. The lowest BCUT2D eigenvalue weighted by molar-refractivity contribution is 0.0991. The van der Waals surface area contributed by atoms with Gasteiger partial charge in [0.1, 0.15) is 5.82 Å². The Morgan fingerprint density at radius 1 is 1.14 bits per heavy atom. The molecule has 5 nitrogen and oxygen atoms in total. The molecule has 0 spiro atoms. The van der Waals surface area contributed by atoms with Gasteiger partial charge in [-0.1, -0.05) is 18.2 Å². The Bertz CT molecular complexity index is 830. The quantitative estimate of drug-likeness (QED) is 0.804. The summed E-state index contributed by atoms with van der Waals surface area (Å²) >= 11 is 0. The lowest BCUT2D eigenvalue weighted by Gasteiger charge is -2.02. The highest BCUT2D eigenvalue weighted by atomic mass is 19.1. The van der Waals surface area contributed by atoms with Crippen molar-refractivity contribution in [3.8, 4) is 11.5 Å². The van der Waals surface area contributed by atoms with Gasteiger partial charge in [-0.2, -0.15) is 0 Å². The van der Waals surface area contributed by atoms with Crippen molar-refractivity contribution >= 4 is 11.6 Å². The van der Waals surface area contributed by atoms with Gasteiger partial charge in [-0.25, -0.2) is 4.39 Å². The number of anilines is 1. The topological polar surface area (TPSA) is 68.0 Å². The number of rotatable bonds is 3. The fraction of sp³-hybridized carbons (Fsp3) is 0.0625. The largest absolute Gasteiger partial charge is 0.412 e. The summed E-state index contributed by atoms with van der Waals surface area (Å²) < 4.78 is 18.5. The highest BCUT2D eigenvalue weighted by Crippen LogP contribution is 2.19. The molecule has 1 aromatic heterocycles. The van der Waals surface area contributed by atoms with Gasteiger partial charge in [-0.15, -0.1) is 10.2 Å². The molecule has 1 heterocycles. The van der Waals surface area contributed by atoms with E-state index < -0.39 is 11.7 Å². The van der Waals surface area contributed by atoms with Crippen molar-refractivity contribution < 1.29 is 13.6 Å².